The van der Waals surface area contributed by atoms with Gasteiger partial charge >= 0.3 is 6.03 Å². The van der Waals surface area contributed by atoms with Crippen LogP contribution in [0.3, 0.4) is 0 Å². The number of aliphatic hydroxyl groups is 1. The van der Waals surface area contributed by atoms with Gasteiger partial charge in [0.2, 0.25) is 0 Å². The third kappa shape index (κ3) is 5.23. The molecule has 1 rings (SSSR count). The molecule has 1 aliphatic rings. The number of urea groups is 1. The van der Waals surface area contributed by atoms with Crippen molar-refractivity contribution in [3.63, 3.8) is 0 Å². The van der Waals surface area contributed by atoms with Gasteiger partial charge in [0.15, 0.2) is 0 Å². The van der Waals surface area contributed by atoms with Crippen molar-refractivity contribution in [2.24, 2.45) is 5.92 Å². The molecule has 0 spiro atoms. The molecule has 0 bridgehead atoms. The number of carbonyl (C=O) groups is 1. The molecule has 1 aliphatic heterocycles. The Labute approximate surface area is 110 Å². The summed E-state index contributed by atoms with van der Waals surface area (Å²) >= 11 is 0. The van der Waals surface area contributed by atoms with Crippen LogP contribution in [-0.4, -0.2) is 66.8 Å². The summed E-state index contributed by atoms with van der Waals surface area (Å²) in [6.45, 7) is 8.08. The smallest absolute Gasteiger partial charge is 0.317 e. The van der Waals surface area contributed by atoms with Gasteiger partial charge in [-0.1, -0.05) is 0 Å². The van der Waals surface area contributed by atoms with Crippen LogP contribution >= 0.6 is 0 Å². The number of carbonyl (C=O) groups excluding carboxylic acids is 1. The molecular weight excluding hydrogens is 230 g/mol. The second-order valence-corrected chi connectivity index (χ2v) is 5.31. The van der Waals surface area contributed by atoms with E-state index in [1.54, 1.807) is 4.90 Å². The number of nitrogens with one attached hydrogen (secondary N) is 1. The van der Waals surface area contributed by atoms with Crippen molar-refractivity contribution in [3.8, 4) is 0 Å². The van der Waals surface area contributed by atoms with E-state index in [0.29, 0.717) is 12.5 Å². The number of hydrogen-bond acceptors (Lipinski definition) is 3. The Balaban J connectivity index is 2.24. The first kappa shape index (κ1) is 15.2. The zero-order valence-corrected chi connectivity index (χ0v) is 11.9. The number of likely N-dealkylation sites (tertiary alicyclic amines) is 1. The number of nitrogens with zero attached hydrogens (tertiary/aromatic N) is 2. The maximum Gasteiger partial charge on any atom is 0.317 e. The lowest BCUT2D eigenvalue weighted by Crippen LogP contribution is -2.44. The van der Waals surface area contributed by atoms with E-state index >= 15 is 0 Å². The van der Waals surface area contributed by atoms with Gasteiger partial charge in [-0.05, 0) is 45.7 Å². The predicted octanol–water partition coefficient (Wildman–Crippen LogP) is 0.740. The molecule has 0 radical (unpaired) electrons. The molecule has 2 amide bonds. The van der Waals surface area contributed by atoms with Crippen molar-refractivity contribution in [3.05, 3.63) is 0 Å². The number of rotatable bonds is 5. The molecule has 0 aromatic heterocycles. The number of amides is 2. The molecule has 1 heterocycles. The average molecular weight is 257 g/mol. The Hall–Kier alpha value is -0.810. The molecule has 106 valence electrons. The van der Waals surface area contributed by atoms with Gasteiger partial charge in [-0.15, -0.1) is 0 Å². The highest BCUT2D eigenvalue weighted by Gasteiger charge is 2.22. The fourth-order valence-electron chi connectivity index (χ4n) is 2.48. The highest BCUT2D eigenvalue weighted by Crippen LogP contribution is 2.18. The second kappa shape index (κ2) is 7.59. The Morgan fingerprint density at radius 3 is 2.61 bits per heavy atom. The number of hydrogen-bond donors (Lipinski definition) is 2. The van der Waals surface area contributed by atoms with Crippen molar-refractivity contribution in [1.29, 1.82) is 0 Å². The molecule has 1 saturated heterocycles. The molecule has 0 aromatic rings. The Morgan fingerprint density at radius 2 is 2.11 bits per heavy atom. The van der Waals surface area contributed by atoms with Crippen molar-refractivity contribution >= 4 is 6.03 Å². The third-order valence-corrected chi connectivity index (χ3v) is 3.44. The van der Waals surface area contributed by atoms with Gasteiger partial charge in [-0.25, -0.2) is 4.79 Å². The van der Waals surface area contributed by atoms with Gasteiger partial charge < -0.3 is 20.2 Å². The third-order valence-electron chi connectivity index (χ3n) is 3.44. The minimum absolute atomic E-state index is 0.0175. The topological polar surface area (TPSA) is 55.8 Å². The highest BCUT2D eigenvalue weighted by molar-refractivity contribution is 5.73. The fourth-order valence-corrected chi connectivity index (χ4v) is 2.48. The van der Waals surface area contributed by atoms with Crippen molar-refractivity contribution in [2.45, 2.75) is 32.8 Å². The first-order chi connectivity index (χ1) is 8.52. The van der Waals surface area contributed by atoms with E-state index in [2.05, 4.69) is 10.2 Å². The number of piperidine rings is 1. The summed E-state index contributed by atoms with van der Waals surface area (Å²) in [6.07, 6.45) is 1.96. The maximum atomic E-state index is 11.6. The van der Waals surface area contributed by atoms with Gasteiger partial charge in [0.25, 0.3) is 0 Å². The summed E-state index contributed by atoms with van der Waals surface area (Å²) in [6, 6.07) is 0.0175. The van der Waals surface area contributed by atoms with Crippen molar-refractivity contribution < 1.29 is 9.90 Å². The lowest BCUT2D eigenvalue weighted by molar-refractivity contribution is 0.0945. The number of β-amino-alcohol motifs (C(OH)–C–C–N with tert-alkyl or cyclic N) is 1. The summed E-state index contributed by atoms with van der Waals surface area (Å²) in [7, 11) is 1.85. The average Bonchev–Trinajstić information content (AvgIpc) is 2.31. The first-order valence-corrected chi connectivity index (χ1v) is 6.92. The van der Waals surface area contributed by atoms with Gasteiger partial charge in [-0.3, -0.25) is 0 Å². The van der Waals surface area contributed by atoms with Crippen LogP contribution < -0.4 is 5.32 Å². The molecule has 5 nitrogen and oxygen atoms in total. The molecule has 0 unspecified atom stereocenters. The van der Waals surface area contributed by atoms with E-state index in [9.17, 15) is 9.90 Å². The van der Waals surface area contributed by atoms with E-state index in [1.165, 1.54) is 0 Å². The Morgan fingerprint density at radius 1 is 1.50 bits per heavy atom. The summed E-state index contributed by atoms with van der Waals surface area (Å²) in [5.74, 6) is 0.586. The SMILES string of the molecule is CCNC(=O)N(C)CC1CCN(C[C@@H](C)O)CC1. The van der Waals surface area contributed by atoms with Crippen LogP contribution in [0.5, 0.6) is 0 Å². The minimum Gasteiger partial charge on any atom is -0.392 e. The van der Waals surface area contributed by atoms with Crippen molar-refractivity contribution in [1.82, 2.24) is 15.1 Å². The van der Waals surface area contributed by atoms with Crippen LogP contribution in [0.4, 0.5) is 4.79 Å². The maximum absolute atomic E-state index is 11.6. The molecule has 5 heteroatoms. The molecule has 1 fully saturated rings. The molecule has 0 aromatic carbocycles. The van der Waals surface area contributed by atoms with Gasteiger partial charge in [-0.2, -0.15) is 0 Å². The quantitative estimate of drug-likeness (QED) is 0.764. The van der Waals surface area contributed by atoms with Crippen LogP contribution in [0.2, 0.25) is 0 Å². The Kier molecular flexibility index (Phi) is 6.43. The highest BCUT2D eigenvalue weighted by atomic mass is 16.3. The van der Waals surface area contributed by atoms with E-state index in [4.69, 9.17) is 0 Å². The van der Waals surface area contributed by atoms with E-state index in [1.807, 2.05) is 20.9 Å². The van der Waals surface area contributed by atoms with Crippen molar-refractivity contribution in [2.75, 3.05) is 39.8 Å². The lowest BCUT2D eigenvalue weighted by atomic mass is 9.96. The molecule has 0 aliphatic carbocycles. The zero-order chi connectivity index (χ0) is 13.5. The van der Waals surface area contributed by atoms with Crippen LogP contribution in [0.15, 0.2) is 0 Å². The van der Waals surface area contributed by atoms with Crippen LogP contribution in [0.25, 0.3) is 0 Å². The summed E-state index contributed by atoms with van der Waals surface area (Å²) in [5, 5.41) is 12.2. The second-order valence-electron chi connectivity index (χ2n) is 5.31. The minimum atomic E-state index is -0.250. The molecule has 0 saturated carbocycles. The molecule has 18 heavy (non-hydrogen) atoms. The van der Waals surface area contributed by atoms with Gasteiger partial charge in [0, 0.05) is 26.7 Å². The molecule has 1 atom stereocenters. The predicted molar refractivity (Wildman–Crippen MR) is 72.5 cm³/mol. The standard InChI is InChI=1S/C13H27N3O2/c1-4-14-13(18)15(3)10-12-5-7-16(8-6-12)9-11(2)17/h11-12,17H,4-10H2,1-3H3,(H,14,18)/t11-/m1/s1. The Bertz CT molecular complexity index is 251. The fraction of sp³-hybridized carbons (Fsp3) is 0.923. The monoisotopic (exact) mass is 257 g/mol. The van der Waals surface area contributed by atoms with E-state index < -0.39 is 0 Å². The first-order valence-electron chi connectivity index (χ1n) is 6.92. The normalized spacial score (nSPS) is 19.6. The largest absolute Gasteiger partial charge is 0.392 e. The van der Waals surface area contributed by atoms with Gasteiger partial charge in [0.05, 0.1) is 6.10 Å². The number of aliphatic hydroxyl groups excluding tert-OH is 1. The van der Waals surface area contributed by atoms with E-state index in [-0.39, 0.29) is 12.1 Å². The molecular formula is C13H27N3O2. The van der Waals surface area contributed by atoms with Gasteiger partial charge in [0.1, 0.15) is 0 Å². The van der Waals surface area contributed by atoms with E-state index in [0.717, 1.165) is 39.0 Å². The zero-order valence-electron chi connectivity index (χ0n) is 11.9. The molecule has 2 N–H and O–H groups in total. The van der Waals surface area contributed by atoms with Crippen LogP contribution in [0, 0.1) is 5.92 Å². The summed E-state index contributed by atoms with van der Waals surface area (Å²) < 4.78 is 0. The lowest BCUT2D eigenvalue weighted by Gasteiger charge is -2.34. The van der Waals surface area contributed by atoms with Crippen LogP contribution in [-0.2, 0) is 0 Å². The summed E-state index contributed by atoms with van der Waals surface area (Å²) in [4.78, 5) is 15.7. The van der Waals surface area contributed by atoms with Crippen LogP contribution in [0.1, 0.15) is 26.7 Å². The summed E-state index contributed by atoms with van der Waals surface area (Å²) in [5.41, 5.74) is 0.